The van der Waals surface area contributed by atoms with E-state index in [-0.39, 0.29) is 47.8 Å². The van der Waals surface area contributed by atoms with Crippen LogP contribution in [-0.4, -0.2) is 39.8 Å². The molecule has 0 radical (unpaired) electrons. The van der Waals surface area contributed by atoms with Crippen LogP contribution in [0.4, 0.5) is 8.78 Å². The Kier molecular flexibility index (Phi) is 8.16. The first kappa shape index (κ1) is 28.5. The minimum atomic E-state index is -2.83. The number of rotatable bonds is 7. The lowest BCUT2D eigenvalue weighted by molar-refractivity contribution is 0.0518. The van der Waals surface area contributed by atoms with Crippen molar-refractivity contribution in [2.45, 2.75) is 64.3 Å². The van der Waals surface area contributed by atoms with Gasteiger partial charge >= 0.3 is 5.97 Å². The van der Waals surface area contributed by atoms with E-state index in [9.17, 15) is 4.79 Å². The third-order valence-electron chi connectivity index (χ3n) is 8.55. The second-order valence-corrected chi connectivity index (χ2v) is 16.2. The van der Waals surface area contributed by atoms with E-state index in [4.69, 9.17) is 13.9 Å². The molecule has 1 aliphatic carbocycles. The Morgan fingerprint density at radius 3 is 2.20 bits per heavy atom. The number of alkyl halides is 1. The number of benzene rings is 3. The minimum absolute atomic E-state index is 0.0544. The molecule has 0 aromatic heterocycles. The molecule has 1 fully saturated rings. The van der Waals surface area contributed by atoms with Gasteiger partial charge in [-0.2, -0.15) is 0 Å². The summed E-state index contributed by atoms with van der Waals surface area (Å²) in [4.78, 5) is 12.3. The standard InChI is InChI=1S/C33H38F2O4Si/c1-5-37-32(36)26-19-17-22-16-18-25-27(28(34)20-29(25)39-31(22)30(26)35)21-38-40(33(2,3)4,23-12-8-6-9-13-23)24-14-10-7-11-15-24/h6-15,17,19,25,27-29H,5,16,18,20-21H2,1-4H3/t25-,27-,28-,29+/m1/s1. The summed E-state index contributed by atoms with van der Waals surface area (Å²) in [7, 11) is -2.83. The van der Waals surface area contributed by atoms with Crippen LogP contribution >= 0.6 is 0 Å². The zero-order chi connectivity index (χ0) is 28.5. The van der Waals surface area contributed by atoms with Crippen LogP contribution in [0, 0.1) is 17.7 Å². The molecule has 3 aromatic rings. The van der Waals surface area contributed by atoms with Gasteiger partial charge in [0.1, 0.15) is 12.3 Å². The highest BCUT2D eigenvalue weighted by Crippen LogP contribution is 2.45. The van der Waals surface area contributed by atoms with Gasteiger partial charge in [0.15, 0.2) is 11.6 Å². The molecule has 40 heavy (non-hydrogen) atoms. The van der Waals surface area contributed by atoms with Crippen LogP contribution in [0.3, 0.4) is 0 Å². The predicted molar refractivity (Wildman–Crippen MR) is 155 cm³/mol. The predicted octanol–water partition coefficient (Wildman–Crippen LogP) is 6.25. The summed E-state index contributed by atoms with van der Waals surface area (Å²) >= 11 is 0. The molecular weight excluding hydrogens is 526 g/mol. The second kappa shape index (κ2) is 11.5. The Morgan fingerprint density at radius 2 is 1.62 bits per heavy atom. The van der Waals surface area contributed by atoms with Gasteiger partial charge in [-0.05, 0) is 46.8 Å². The monoisotopic (exact) mass is 564 g/mol. The SMILES string of the molecule is CCOC(=O)c1ccc2c(c1F)O[C@H]1C[C@@H](F)[C@H](CO[Si](c3ccccc3)(c3ccccc3)C(C)(C)C)[C@H]1CC2. The van der Waals surface area contributed by atoms with E-state index >= 15 is 8.78 Å². The van der Waals surface area contributed by atoms with E-state index in [2.05, 4.69) is 45.0 Å². The molecular formula is C33H38F2O4Si. The van der Waals surface area contributed by atoms with E-state index in [0.717, 1.165) is 10.4 Å². The molecule has 3 aromatic carbocycles. The maximum atomic E-state index is 15.8. The molecule has 1 heterocycles. The van der Waals surface area contributed by atoms with E-state index in [0.29, 0.717) is 18.4 Å². The minimum Gasteiger partial charge on any atom is -0.487 e. The third-order valence-corrected chi connectivity index (χ3v) is 13.6. The molecule has 7 heteroatoms. The fraction of sp³-hybridized carbons (Fsp3) is 0.424. The molecule has 1 aliphatic heterocycles. The van der Waals surface area contributed by atoms with Crippen molar-refractivity contribution in [3.05, 3.63) is 89.7 Å². The van der Waals surface area contributed by atoms with Crippen molar-refractivity contribution in [2.24, 2.45) is 11.8 Å². The van der Waals surface area contributed by atoms with E-state index in [1.165, 1.54) is 6.07 Å². The van der Waals surface area contributed by atoms with Gasteiger partial charge in [0, 0.05) is 24.9 Å². The zero-order valence-electron chi connectivity index (χ0n) is 23.7. The van der Waals surface area contributed by atoms with Gasteiger partial charge in [-0.25, -0.2) is 13.6 Å². The fourth-order valence-corrected chi connectivity index (χ4v) is 11.2. The Labute approximate surface area is 236 Å². The van der Waals surface area contributed by atoms with Crippen molar-refractivity contribution in [1.29, 1.82) is 0 Å². The molecule has 212 valence electrons. The smallest absolute Gasteiger partial charge is 0.341 e. The van der Waals surface area contributed by atoms with Crippen LogP contribution in [0.1, 0.15) is 56.5 Å². The molecule has 0 spiro atoms. The summed E-state index contributed by atoms with van der Waals surface area (Å²) in [5.74, 6) is -1.91. The van der Waals surface area contributed by atoms with Gasteiger partial charge < -0.3 is 13.9 Å². The Hall–Kier alpha value is -3.03. The van der Waals surface area contributed by atoms with Gasteiger partial charge in [-0.15, -0.1) is 0 Å². The average molecular weight is 565 g/mol. The van der Waals surface area contributed by atoms with Crippen LogP contribution in [0.2, 0.25) is 5.04 Å². The first-order chi connectivity index (χ1) is 19.2. The van der Waals surface area contributed by atoms with Crippen molar-refractivity contribution in [2.75, 3.05) is 13.2 Å². The number of carbonyl (C=O) groups is 1. The van der Waals surface area contributed by atoms with Crippen molar-refractivity contribution >= 4 is 24.7 Å². The average Bonchev–Trinajstić information content (AvgIpc) is 3.11. The lowest BCUT2D eigenvalue weighted by atomic mass is 9.89. The summed E-state index contributed by atoms with van der Waals surface area (Å²) in [5, 5.41) is 2.08. The first-order valence-electron chi connectivity index (χ1n) is 14.2. The van der Waals surface area contributed by atoms with Crippen molar-refractivity contribution in [3.8, 4) is 5.75 Å². The first-order valence-corrected chi connectivity index (χ1v) is 16.1. The Morgan fingerprint density at radius 1 is 1.00 bits per heavy atom. The fourth-order valence-electron chi connectivity index (χ4n) is 6.62. The number of carbonyl (C=O) groups excluding carboxylic acids is 1. The van der Waals surface area contributed by atoms with Crippen molar-refractivity contribution < 1.29 is 27.5 Å². The van der Waals surface area contributed by atoms with Crippen molar-refractivity contribution in [1.82, 2.24) is 0 Å². The summed E-state index contributed by atoms with van der Waals surface area (Å²) in [6.45, 7) is 8.70. The summed E-state index contributed by atoms with van der Waals surface area (Å²) in [6, 6.07) is 23.9. The summed E-state index contributed by atoms with van der Waals surface area (Å²) in [5.41, 5.74) is 0.544. The van der Waals surface area contributed by atoms with E-state index in [1.54, 1.807) is 13.0 Å². The highest BCUT2D eigenvalue weighted by Gasteiger charge is 2.53. The Bertz CT molecular complexity index is 1290. The third kappa shape index (κ3) is 5.10. The largest absolute Gasteiger partial charge is 0.487 e. The molecule has 5 rings (SSSR count). The maximum absolute atomic E-state index is 15.8. The number of aryl methyl sites for hydroxylation is 1. The molecule has 0 bridgehead atoms. The summed E-state index contributed by atoms with van der Waals surface area (Å²) < 4.78 is 49.5. The zero-order valence-corrected chi connectivity index (χ0v) is 24.7. The quantitative estimate of drug-likeness (QED) is 0.252. The van der Waals surface area contributed by atoms with Crippen LogP contribution in [-0.2, 0) is 15.6 Å². The molecule has 0 saturated heterocycles. The Balaban J connectivity index is 1.44. The highest BCUT2D eigenvalue weighted by atomic mass is 28.4. The number of fused-ring (bicyclic) bond motifs is 2. The topological polar surface area (TPSA) is 44.8 Å². The highest BCUT2D eigenvalue weighted by molar-refractivity contribution is 6.99. The van der Waals surface area contributed by atoms with Gasteiger partial charge in [0.05, 0.1) is 12.2 Å². The number of hydrogen-bond donors (Lipinski definition) is 0. The second-order valence-electron chi connectivity index (χ2n) is 11.9. The van der Waals surface area contributed by atoms with Gasteiger partial charge in [0.2, 0.25) is 0 Å². The van der Waals surface area contributed by atoms with Crippen molar-refractivity contribution in [3.63, 3.8) is 0 Å². The van der Waals surface area contributed by atoms with Gasteiger partial charge in [-0.3, -0.25) is 0 Å². The number of esters is 1. The molecule has 1 saturated carbocycles. The molecule has 0 N–H and O–H groups in total. The van der Waals surface area contributed by atoms with Gasteiger partial charge in [-0.1, -0.05) is 87.5 Å². The molecule has 4 atom stereocenters. The number of hydrogen-bond acceptors (Lipinski definition) is 4. The number of ether oxygens (including phenoxy) is 2. The van der Waals surface area contributed by atoms with Gasteiger partial charge in [0.25, 0.3) is 8.32 Å². The van der Waals surface area contributed by atoms with E-state index < -0.39 is 32.4 Å². The van der Waals surface area contributed by atoms with Crippen LogP contribution in [0.25, 0.3) is 0 Å². The lowest BCUT2D eigenvalue weighted by Crippen LogP contribution is -2.67. The molecule has 2 aliphatic rings. The van der Waals surface area contributed by atoms with Crippen LogP contribution in [0.5, 0.6) is 5.75 Å². The summed E-state index contributed by atoms with van der Waals surface area (Å²) in [6.07, 6.45) is -0.256. The van der Waals surface area contributed by atoms with Crippen LogP contribution < -0.4 is 15.1 Å². The van der Waals surface area contributed by atoms with Crippen LogP contribution in [0.15, 0.2) is 72.8 Å². The lowest BCUT2D eigenvalue weighted by Gasteiger charge is -2.44. The maximum Gasteiger partial charge on any atom is 0.341 e. The molecule has 4 nitrogen and oxygen atoms in total. The molecule has 0 unspecified atom stereocenters. The van der Waals surface area contributed by atoms with E-state index in [1.807, 2.05) is 36.4 Å². The molecule has 0 amide bonds. The normalized spacial score (nSPS) is 22.6. The number of halogens is 2.